The van der Waals surface area contributed by atoms with Crippen LogP contribution in [-0.4, -0.2) is 62.9 Å². The molecular formula is C24H26N4O7S. The molecule has 0 saturated carbocycles. The lowest BCUT2D eigenvalue weighted by molar-refractivity contribution is -0.123. The normalized spacial score (nSPS) is 14.8. The molecule has 0 unspecified atom stereocenters. The summed E-state index contributed by atoms with van der Waals surface area (Å²) >= 11 is 0. The minimum Gasteiger partial charge on any atom is -0.449 e. The highest BCUT2D eigenvalue weighted by Crippen LogP contribution is 2.24. The molecule has 3 rings (SSSR count). The summed E-state index contributed by atoms with van der Waals surface area (Å²) in [6, 6.07) is 12.0. The Bertz CT molecular complexity index is 1280. The standard InChI is InChI=1S/C24H26N4O7S/c1-16-3-6-20(15-21(16)36(32,33)28-11-13-34-14-12-28)27-23(30)17(2)35-24(31)18-4-7-19(8-5-18)26-22(29)9-10-25/h3-8,15,17H,9,11-14H2,1-2H3,(H,26,29)(H,27,30)/t17-/m1/s1. The summed E-state index contributed by atoms with van der Waals surface area (Å²) in [6.45, 7) is 4.19. The molecule has 36 heavy (non-hydrogen) atoms. The van der Waals surface area contributed by atoms with Crippen molar-refractivity contribution in [2.75, 3.05) is 36.9 Å². The summed E-state index contributed by atoms with van der Waals surface area (Å²) in [4.78, 5) is 36.6. The van der Waals surface area contributed by atoms with Crippen molar-refractivity contribution in [3.05, 3.63) is 53.6 Å². The lowest BCUT2D eigenvalue weighted by atomic mass is 10.2. The molecule has 12 heteroatoms. The van der Waals surface area contributed by atoms with E-state index in [4.69, 9.17) is 14.7 Å². The van der Waals surface area contributed by atoms with Gasteiger partial charge in [-0.05, 0) is 55.8 Å². The van der Waals surface area contributed by atoms with Crippen molar-refractivity contribution in [1.82, 2.24) is 4.31 Å². The van der Waals surface area contributed by atoms with E-state index in [9.17, 15) is 22.8 Å². The predicted molar refractivity (Wildman–Crippen MR) is 130 cm³/mol. The fraction of sp³-hybridized carbons (Fsp3) is 0.333. The fourth-order valence-corrected chi connectivity index (χ4v) is 5.03. The number of hydrogen-bond acceptors (Lipinski definition) is 8. The lowest BCUT2D eigenvalue weighted by Crippen LogP contribution is -2.40. The third-order valence-corrected chi connectivity index (χ3v) is 7.38. The molecule has 1 saturated heterocycles. The lowest BCUT2D eigenvalue weighted by Gasteiger charge is -2.27. The number of nitriles is 1. The van der Waals surface area contributed by atoms with Gasteiger partial charge in [0, 0.05) is 24.5 Å². The number of benzene rings is 2. The Morgan fingerprint density at radius 2 is 1.72 bits per heavy atom. The quantitative estimate of drug-likeness (QED) is 0.507. The molecular weight excluding hydrogens is 488 g/mol. The predicted octanol–water partition coefficient (Wildman–Crippen LogP) is 2.05. The molecule has 2 N–H and O–H groups in total. The number of nitrogens with zero attached hydrogens (tertiary/aromatic N) is 2. The summed E-state index contributed by atoms with van der Waals surface area (Å²) in [5, 5.41) is 13.6. The number of ether oxygens (including phenoxy) is 2. The highest BCUT2D eigenvalue weighted by Gasteiger charge is 2.28. The average molecular weight is 515 g/mol. The van der Waals surface area contributed by atoms with Crippen LogP contribution in [0.15, 0.2) is 47.4 Å². The van der Waals surface area contributed by atoms with Gasteiger partial charge in [-0.25, -0.2) is 13.2 Å². The van der Waals surface area contributed by atoms with E-state index in [0.29, 0.717) is 24.5 Å². The number of carbonyl (C=O) groups excluding carboxylic acids is 3. The number of amides is 2. The maximum atomic E-state index is 13.0. The van der Waals surface area contributed by atoms with E-state index < -0.39 is 33.9 Å². The molecule has 2 aromatic rings. The molecule has 190 valence electrons. The number of rotatable bonds is 8. The van der Waals surface area contributed by atoms with Crippen molar-refractivity contribution in [1.29, 1.82) is 5.26 Å². The SMILES string of the molecule is Cc1ccc(NC(=O)[C@@H](C)OC(=O)c2ccc(NC(=O)CC#N)cc2)cc1S(=O)(=O)N1CCOCC1. The molecule has 0 bridgehead atoms. The summed E-state index contributed by atoms with van der Waals surface area (Å²) in [5.41, 5.74) is 1.34. The van der Waals surface area contributed by atoms with E-state index in [1.54, 1.807) is 25.1 Å². The van der Waals surface area contributed by atoms with Gasteiger partial charge in [0.2, 0.25) is 15.9 Å². The molecule has 1 aliphatic heterocycles. The maximum absolute atomic E-state index is 13.0. The summed E-state index contributed by atoms with van der Waals surface area (Å²) in [5.74, 6) is -1.87. The summed E-state index contributed by atoms with van der Waals surface area (Å²) in [7, 11) is -3.77. The first-order valence-electron chi connectivity index (χ1n) is 11.1. The minimum atomic E-state index is -3.77. The number of carbonyl (C=O) groups is 3. The van der Waals surface area contributed by atoms with Crippen LogP contribution in [0.2, 0.25) is 0 Å². The van der Waals surface area contributed by atoms with Crippen LogP contribution in [0.3, 0.4) is 0 Å². The van der Waals surface area contributed by atoms with Gasteiger partial charge in [0.25, 0.3) is 5.91 Å². The smallest absolute Gasteiger partial charge is 0.338 e. The molecule has 2 aromatic carbocycles. The second kappa shape index (κ2) is 11.8. The Kier molecular flexibility index (Phi) is 8.76. The van der Waals surface area contributed by atoms with Crippen molar-refractivity contribution < 1.29 is 32.3 Å². The average Bonchev–Trinajstić information content (AvgIpc) is 2.86. The maximum Gasteiger partial charge on any atom is 0.338 e. The van der Waals surface area contributed by atoms with Gasteiger partial charge in [-0.3, -0.25) is 9.59 Å². The van der Waals surface area contributed by atoms with Crippen LogP contribution in [0, 0.1) is 18.3 Å². The van der Waals surface area contributed by atoms with Crippen LogP contribution in [0.25, 0.3) is 0 Å². The molecule has 11 nitrogen and oxygen atoms in total. The van der Waals surface area contributed by atoms with Crippen LogP contribution < -0.4 is 10.6 Å². The van der Waals surface area contributed by atoms with Crippen LogP contribution in [0.1, 0.15) is 29.3 Å². The van der Waals surface area contributed by atoms with Crippen molar-refractivity contribution in [3.8, 4) is 6.07 Å². The van der Waals surface area contributed by atoms with E-state index in [2.05, 4.69) is 10.6 Å². The largest absolute Gasteiger partial charge is 0.449 e. The molecule has 1 heterocycles. The number of morpholine rings is 1. The zero-order valence-corrected chi connectivity index (χ0v) is 20.6. The van der Waals surface area contributed by atoms with Gasteiger partial charge in [0.1, 0.15) is 6.42 Å². The van der Waals surface area contributed by atoms with Crippen LogP contribution >= 0.6 is 0 Å². The minimum absolute atomic E-state index is 0.0776. The van der Waals surface area contributed by atoms with Gasteiger partial charge in [0.05, 0.1) is 29.7 Å². The zero-order chi connectivity index (χ0) is 26.3. The monoisotopic (exact) mass is 514 g/mol. The second-order valence-corrected chi connectivity index (χ2v) is 9.90. The van der Waals surface area contributed by atoms with Gasteiger partial charge in [-0.15, -0.1) is 0 Å². The van der Waals surface area contributed by atoms with Crippen molar-refractivity contribution in [3.63, 3.8) is 0 Å². The van der Waals surface area contributed by atoms with Gasteiger partial charge < -0.3 is 20.1 Å². The topological polar surface area (TPSA) is 155 Å². The molecule has 1 atom stereocenters. The van der Waals surface area contributed by atoms with Crippen LogP contribution in [-0.2, 0) is 29.1 Å². The summed E-state index contributed by atoms with van der Waals surface area (Å²) in [6.07, 6.45) is -1.47. The summed E-state index contributed by atoms with van der Waals surface area (Å²) < 4.78 is 37.9. The Labute approximate surface area is 209 Å². The van der Waals surface area contributed by atoms with Crippen molar-refractivity contribution >= 4 is 39.2 Å². The molecule has 0 radical (unpaired) electrons. The van der Waals surface area contributed by atoms with Gasteiger partial charge in [-0.1, -0.05) is 6.07 Å². The highest BCUT2D eigenvalue weighted by molar-refractivity contribution is 7.89. The highest BCUT2D eigenvalue weighted by atomic mass is 32.2. The number of aryl methyl sites for hydroxylation is 1. The van der Waals surface area contributed by atoms with Gasteiger partial charge in [0.15, 0.2) is 6.10 Å². The first kappa shape index (κ1) is 26.8. The molecule has 0 aliphatic carbocycles. The Balaban J connectivity index is 1.63. The van der Waals surface area contributed by atoms with Crippen LogP contribution in [0.5, 0.6) is 0 Å². The van der Waals surface area contributed by atoms with E-state index in [-0.39, 0.29) is 35.7 Å². The first-order valence-corrected chi connectivity index (χ1v) is 12.5. The van der Waals surface area contributed by atoms with E-state index in [1.807, 2.05) is 0 Å². The molecule has 1 aliphatic rings. The second-order valence-electron chi connectivity index (χ2n) is 7.99. The number of esters is 1. The van der Waals surface area contributed by atoms with Gasteiger partial charge >= 0.3 is 5.97 Å². The Hall–Kier alpha value is -3.79. The first-order chi connectivity index (χ1) is 17.1. The van der Waals surface area contributed by atoms with E-state index in [0.717, 1.165) is 0 Å². The van der Waals surface area contributed by atoms with Crippen LogP contribution in [0.4, 0.5) is 11.4 Å². The van der Waals surface area contributed by atoms with E-state index in [1.165, 1.54) is 41.6 Å². The molecule has 0 spiro atoms. The third kappa shape index (κ3) is 6.66. The Morgan fingerprint density at radius 1 is 1.08 bits per heavy atom. The van der Waals surface area contributed by atoms with E-state index >= 15 is 0 Å². The third-order valence-electron chi connectivity index (χ3n) is 5.34. The number of sulfonamides is 1. The van der Waals surface area contributed by atoms with Crippen molar-refractivity contribution in [2.24, 2.45) is 0 Å². The number of hydrogen-bond donors (Lipinski definition) is 2. The van der Waals surface area contributed by atoms with Gasteiger partial charge in [-0.2, -0.15) is 9.57 Å². The fourth-order valence-electron chi connectivity index (χ4n) is 3.37. The van der Waals surface area contributed by atoms with Crippen molar-refractivity contribution in [2.45, 2.75) is 31.3 Å². The number of nitrogens with one attached hydrogen (secondary N) is 2. The molecule has 1 fully saturated rings. The molecule has 0 aromatic heterocycles. The zero-order valence-electron chi connectivity index (χ0n) is 19.8. The Morgan fingerprint density at radius 3 is 2.36 bits per heavy atom. The molecule has 2 amide bonds. The number of anilines is 2.